The molecule has 0 aromatic heterocycles. The molecular formula is C17H16O2. The van der Waals surface area contributed by atoms with E-state index in [2.05, 4.69) is 0 Å². The van der Waals surface area contributed by atoms with Crippen molar-refractivity contribution in [3.05, 3.63) is 71.3 Å². The molecule has 0 fully saturated rings. The molecule has 0 radical (unpaired) electrons. The number of carbonyl (C=O) groups excluding carboxylic acids is 1. The number of carbonyl (C=O) groups is 1. The smallest absolute Gasteiger partial charge is 0.166 e. The molecule has 2 aromatic rings. The zero-order chi connectivity index (χ0) is 13.2. The summed E-state index contributed by atoms with van der Waals surface area (Å²) in [7, 11) is 0. The highest BCUT2D eigenvalue weighted by Crippen LogP contribution is 2.34. The summed E-state index contributed by atoms with van der Waals surface area (Å²) in [6.07, 6.45) is 0.693. The first kappa shape index (κ1) is 12.1. The lowest BCUT2D eigenvalue weighted by Crippen LogP contribution is -2.27. The van der Waals surface area contributed by atoms with Crippen molar-refractivity contribution < 1.29 is 9.90 Å². The van der Waals surface area contributed by atoms with Gasteiger partial charge in [-0.1, -0.05) is 54.6 Å². The number of ketones is 1. The zero-order valence-electron chi connectivity index (χ0n) is 10.6. The van der Waals surface area contributed by atoms with Gasteiger partial charge in [0.15, 0.2) is 5.78 Å². The summed E-state index contributed by atoms with van der Waals surface area (Å²) in [6.45, 7) is 0. The van der Waals surface area contributed by atoms with Crippen LogP contribution >= 0.6 is 0 Å². The van der Waals surface area contributed by atoms with Crippen LogP contribution in [0.15, 0.2) is 54.6 Å². The van der Waals surface area contributed by atoms with Gasteiger partial charge in [0.2, 0.25) is 0 Å². The molecule has 2 heteroatoms. The molecule has 0 saturated carbocycles. The minimum Gasteiger partial charge on any atom is -0.388 e. The van der Waals surface area contributed by atoms with Crippen molar-refractivity contribution >= 4 is 5.78 Å². The Hall–Kier alpha value is -1.93. The molecule has 1 unspecified atom stereocenters. The van der Waals surface area contributed by atoms with E-state index in [4.69, 9.17) is 0 Å². The van der Waals surface area contributed by atoms with Crippen LogP contribution in [0.1, 0.15) is 34.0 Å². The second kappa shape index (κ2) is 4.98. The molecule has 3 rings (SSSR count). The van der Waals surface area contributed by atoms with E-state index in [1.54, 1.807) is 0 Å². The third-order valence-electron chi connectivity index (χ3n) is 3.79. The lowest BCUT2D eigenvalue weighted by molar-refractivity contribution is 0.0774. The highest BCUT2D eigenvalue weighted by atomic mass is 16.3. The third kappa shape index (κ3) is 2.32. The standard InChI is InChI=1S/C17H16O2/c18-16-11-13(10-12-6-2-1-3-7-12)17(19)15-9-5-4-8-14(15)16/h1-9,13,16,18H,10-11H2/t13?,16-/m0/s1. The van der Waals surface area contributed by atoms with Gasteiger partial charge in [-0.3, -0.25) is 4.79 Å². The van der Waals surface area contributed by atoms with Gasteiger partial charge in [-0.15, -0.1) is 0 Å². The van der Waals surface area contributed by atoms with Crippen molar-refractivity contribution in [2.75, 3.05) is 0 Å². The topological polar surface area (TPSA) is 37.3 Å². The average molecular weight is 252 g/mol. The van der Waals surface area contributed by atoms with Gasteiger partial charge in [-0.05, 0) is 24.0 Å². The van der Waals surface area contributed by atoms with Crippen LogP contribution in [-0.4, -0.2) is 10.9 Å². The molecule has 96 valence electrons. The molecule has 0 bridgehead atoms. The fraction of sp³-hybridized carbons (Fsp3) is 0.235. The van der Waals surface area contributed by atoms with E-state index in [-0.39, 0.29) is 11.7 Å². The summed E-state index contributed by atoms with van der Waals surface area (Å²) in [6, 6.07) is 17.4. The molecule has 2 nitrogen and oxygen atoms in total. The summed E-state index contributed by atoms with van der Waals surface area (Å²) in [5, 5.41) is 10.2. The van der Waals surface area contributed by atoms with Crippen LogP contribution in [-0.2, 0) is 6.42 Å². The second-order valence-electron chi connectivity index (χ2n) is 5.09. The third-order valence-corrected chi connectivity index (χ3v) is 3.79. The van der Waals surface area contributed by atoms with Crippen LogP contribution in [0.5, 0.6) is 0 Å². The number of aliphatic hydroxyl groups excluding tert-OH is 1. The molecule has 1 aliphatic rings. The maximum atomic E-state index is 12.5. The van der Waals surface area contributed by atoms with Crippen molar-refractivity contribution in [2.45, 2.75) is 18.9 Å². The molecule has 1 N–H and O–H groups in total. The molecule has 0 amide bonds. The molecule has 19 heavy (non-hydrogen) atoms. The van der Waals surface area contributed by atoms with Crippen LogP contribution in [0.25, 0.3) is 0 Å². The van der Waals surface area contributed by atoms with E-state index >= 15 is 0 Å². The molecule has 1 aliphatic carbocycles. The van der Waals surface area contributed by atoms with Crippen molar-refractivity contribution in [1.82, 2.24) is 0 Å². The quantitative estimate of drug-likeness (QED) is 0.891. The summed E-state index contributed by atoms with van der Waals surface area (Å²) in [4.78, 5) is 12.5. The van der Waals surface area contributed by atoms with Gasteiger partial charge < -0.3 is 5.11 Å². The Labute approximate surface area is 112 Å². The van der Waals surface area contributed by atoms with E-state index in [9.17, 15) is 9.90 Å². The van der Waals surface area contributed by atoms with Crippen molar-refractivity contribution in [3.63, 3.8) is 0 Å². The minimum atomic E-state index is -0.525. The molecule has 0 saturated heterocycles. The fourth-order valence-electron chi connectivity index (χ4n) is 2.81. The van der Waals surface area contributed by atoms with Crippen LogP contribution in [0.3, 0.4) is 0 Å². The number of hydrogen-bond donors (Lipinski definition) is 1. The van der Waals surface area contributed by atoms with E-state index in [0.29, 0.717) is 18.4 Å². The highest BCUT2D eigenvalue weighted by molar-refractivity contribution is 6.00. The highest BCUT2D eigenvalue weighted by Gasteiger charge is 2.32. The maximum Gasteiger partial charge on any atom is 0.166 e. The van der Waals surface area contributed by atoms with Crippen LogP contribution in [0.2, 0.25) is 0 Å². The van der Waals surface area contributed by atoms with Gasteiger partial charge in [-0.2, -0.15) is 0 Å². The van der Waals surface area contributed by atoms with Gasteiger partial charge in [0.25, 0.3) is 0 Å². The Morgan fingerprint density at radius 1 is 1.00 bits per heavy atom. The lowest BCUT2D eigenvalue weighted by atomic mass is 9.78. The Kier molecular flexibility index (Phi) is 3.18. The summed E-state index contributed by atoms with van der Waals surface area (Å²) >= 11 is 0. The Morgan fingerprint density at radius 2 is 1.68 bits per heavy atom. The van der Waals surface area contributed by atoms with E-state index in [1.807, 2.05) is 54.6 Å². The predicted molar refractivity (Wildman–Crippen MR) is 74.0 cm³/mol. The van der Waals surface area contributed by atoms with Crippen molar-refractivity contribution in [3.8, 4) is 0 Å². The molecular weight excluding hydrogens is 236 g/mol. The van der Waals surface area contributed by atoms with E-state index in [1.165, 1.54) is 0 Å². The number of hydrogen-bond acceptors (Lipinski definition) is 2. The number of rotatable bonds is 2. The molecule has 2 atom stereocenters. The number of fused-ring (bicyclic) bond motifs is 1. The van der Waals surface area contributed by atoms with Crippen LogP contribution in [0, 0.1) is 5.92 Å². The molecule has 0 heterocycles. The summed E-state index contributed by atoms with van der Waals surface area (Å²) in [5.74, 6) is 0.0389. The Morgan fingerprint density at radius 3 is 2.47 bits per heavy atom. The van der Waals surface area contributed by atoms with Crippen molar-refractivity contribution in [1.29, 1.82) is 0 Å². The monoisotopic (exact) mass is 252 g/mol. The summed E-state index contributed by atoms with van der Waals surface area (Å²) in [5.41, 5.74) is 2.60. The number of Topliss-reactive ketones (excluding diaryl/α,β-unsaturated/α-hetero) is 1. The first-order chi connectivity index (χ1) is 9.25. The SMILES string of the molecule is O=C1c2ccccc2[C@@H](O)CC1Cc1ccccc1. The van der Waals surface area contributed by atoms with Gasteiger partial charge >= 0.3 is 0 Å². The molecule has 2 aromatic carbocycles. The largest absolute Gasteiger partial charge is 0.388 e. The maximum absolute atomic E-state index is 12.5. The fourth-order valence-corrected chi connectivity index (χ4v) is 2.81. The second-order valence-corrected chi connectivity index (χ2v) is 5.09. The van der Waals surface area contributed by atoms with Crippen molar-refractivity contribution in [2.24, 2.45) is 5.92 Å². The first-order valence-corrected chi connectivity index (χ1v) is 6.61. The molecule has 0 aliphatic heterocycles. The van der Waals surface area contributed by atoms with Crippen LogP contribution in [0.4, 0.5) is 0 Å². The predicted octanol–water partition coefficient (Wildman–Crippen LogP) is 3.17. The summed E-state index contributed by atoms with van der Waals surface area (Å²) < 4.78 is 0. The normalized spacial score (nSPS) is 22.1. The Bertz CT molecular complexity index is 589. The van der Waals surface area contributed by atoms with Gasteiger partial charge in [0.05, 0.1) is 6.10 Å². The number of aliphatic hydroxyl groups is 1. The van der Waals surface area contributed by atoms with Gasteiger partial charge in [0.1, 0.15) is 0 Å². The average Bonchev–Trinajstić information content (AvgIpc) is 2.46. The first-order valence-electron chi connectivity index (χ1n) is 6.61. The minimum absolute atomic E-state index is 0.118. The lowest BCUT2D eigenvalue weighted by Gasteiger charge is -2.27. The van der Waals surface area contributed by atoms with E-state index in [0.717, 1.165) is 11.1 Å². The van der Waals surface area contributed by atoms with Gasteiger partial charge in [0, 0.05) is 11.5 Å². The van der Waals surface area contributed by atoms with Gasteiger partial charge in [-0.25, -0.2) is 0 Å². The molecule has 0 spiro atoms. The Balaban J connectivity index is 1.88. The zero-order valence-corrected chi connectivity index (χ0v) is 10.6. The van der Waals surface area contributed by atoms with E-state index < -0.39 is 6.10 Å². The number of benzene rings is 2. The van der Waals surface area contributed by atoms with Crippen LogP contribution < -0.4 is 0 Å².